The number of para-hydroxylation sites is 1. The summed E-state index contributed by atoms with van der Waals surface area (Å²) in [4.78, 5) is 21.7. The first-order valence-corrected chi connectivity index (χ1v) is 11.1. The first-order valence-electron chi connectivity index (χ1n) is 11.1. The number of benzene rings is 2. The Bertz CT molecular complexity index is 1220. The Morgan fingerprint density at radius 3 is 2.45 bits per heavy atom. The minimum Gasteiger partial charge on any atom is -0.337 e. The van der Waals surface area contributed by atoms with Crippen molar-refractivity contribution >= 4 is 5.91 Å². The van der Waals surface area contributed by atoms with E-state index in [0.717, 1.165) is 24.3 Å². The van der Waals surface area contributed by atoms with E-state index in [9.17, 15) is 4.79 Å². The zero-order valence-electron chi connectivity index (χ0n) is 18.8. The maximum atomic E-state index is 13.0. The third-order valence-electron chi connectivity index (χ3n) is 6.11. The maximum absolute atomic E-state index is 13.0. The van der Waals surface area contributed by atoms with Crippen molar-refractivity contribution in [1.82, 2.24) is 29.7 Å². The second kappa shape index (κ2) is 8.99. The van der Waals surface area contributed by atoms with Gasteiger partial charge in [-0.05, 0) is 26.0 Å². The highest BCUT2D eigenvalue weighted by Gasteiger charge is 2.28. The van der Waals surface area contributed by atoms with Crippen molar-refractivity contribution < 1.29 is 9.32 Å². The molecule has 0 radical (unpaired) electrons. The number of carbonyl (C=O) groups is 1. The van der Waals surface area contributed by atoms with E-state index in [1.807, 2.05) is 66.4 Å². The Balaban J connectivity index is 1.20. The lowest BCUT2D eigenvalue weighted by Gasteiger charge is -2.36. The second-order valence-corrected chi connectivity index (χ2v) is 8.34. The average Bonchev–Trinajstić information content (AvgIpc) is 3.55. The van der Waals surface area contributed by atoms with Crippen LogP contribution in [0.3, 0.4) is 0 Å². The van der Waals surface area contributed by atoms with E-state index in [1.54, 1.807) is 17.1 Å². The minimum atomic E-state index is -0.0187. The summed E-state index contributed by atoms with van der Waals surface area (Å²) >= 11 is 0. The number of nitrogens with zero attached hydrogens (tertiary/aromatic N) is 6. The molecule has 1 saturated heterocycles. The summed E-state index contributed by atoms with van der Waals surface area (Å²) in [7, 11) is 0. The highest BCUT2D eigenvalue weighted by molar-refractivity contribution is 5.93. The molecular formula is C25H26N6O2. The van der Waals surface area contributed by atoms with Gasteiger partial charge in [0.2, 0.25) is 11.7 Å². The first-order chi connectivity index (χ1) is 16.1. The summed E-state index contributed by atoms with van der Waals surface area (Å²) in [6.45, 7) is 6.86. The molecule has 33 heavy (non-hydrogen) atoms. The van der Waals surface area contributed by atoms with Gasteiger partial charge in [0, 0.05) is 37.9 Å². The Kier molecular flexibility index (Phi) is 5.75. The molecule has 2 aromatic carbocycles. The number of carbonyl (C=O) groups excluding carboxylic acids is 1. The number of piperazine rings is 1. The molecule has 1 aliphatic rings. The molecule has 8 heteroatoms. The van der Waals surface area contributed by atoms with Gasteiger partial charge in [-0.15, -0.1) is 0 Å². The van der Waals surface area contributed by atoms with Gasteiger partial charge in [0.15, 0.2) is 0 Å². The SMILES string of the molecule is Cc1ccc(-c2noc(C(C)N3CCN(C(=O)c4cnn(-c5ccccc5)c4)CC3)n2)cc1. The molecule has 2 aromatic heterocycles. The van der Waals surface area contributed by atoms with Crippen LogP contribution in [0, 0.1) is 6.92 Å². The Morgan fingerprint density at radius 2 is 1.73 bits per heavy atom. The van der Waals surface area contributed by atoms with Crippen LogP contribution in [0.4, 0.5) is 0 Å². The fourth-order valence-electron chi connectivity index (χ4n) is 4.03. The predicted octanol–water partition coefficient (Wildman–Crippen LogP) is 3.75. The summed E-state index contributed by atoms with van der Waals surface area (Å²) in [6, 6.07) is 17.8. The molecule has 0 bridgehead atoms. The van der Waals surface area contributed by atoms with Crippen molar-refractivity contribution in [2.24, 2.45) is 0 Å². The van der Waals surface area contributed by atoms with Crippen molar-refractivity contribution in [2.75, 3.05) is 26.2 Å². The Hall–Kier alpha value is -3.78. The fraction of sp³-hybridized carbons (Fsp3) is 0.280. The molecular weight excluding hydrogens is 416 g/mol. The minimum absolute atomic E-state index is 0.00364. The first kappa shape index (κ1) is 21.1. The number of aromatic nitrogens is 4. The highest BCUT2D eigenvalue weighted by atomic mass is 16.5. The standard InChI is InChI=1S/C25H26N6O2/c1-18-8-10-20(11-9-18)23-27-24(33-28-23)19(2)29-12-14-30(15-13-29)25(32)21-16-26-31(17-21)22-6-4-3-5-7-22/h3-11,16-17,19H,12-15H2,1-2H3. The molecule has 8 nitrogen and oxygen atoms in total. The third kappa shape index (κ3) is 4.42. The van der Waals surface area contributed by atoms with Crippen LogP contribution in [-0.2, 0) is 0 Å². The van der Waals surface area contributed by atoms with Gasteiger partial charge in [0.1, 0.15) is 0 Å². The van der Waals surface area contributed by atoms with Gasteiger partial charge >= 0.3 is 0 Å². The highest BCUT2D eigenvalue weighted by Crippen LogP contribution is 2.24. The van der Waals surface area contributed by atoms with Crippen LogP contribution in [0.1, 0.15) is 34.8 Å². The normalized spacial score (nSPS) is 15.5. The third-order valence-corrected chi connectivity index (χ3v) is 6.11. The molecule has 1 unspecified atom stereocenters. The van der Waals surface area contributed by atoms with E-state index in [2.05, 4.69) is 27.1 Å². The molecule has 1 amide bonds. The van der Waals surface area contributed by atoms with Crippen molar-refractivity contribution in [1.29, 1.82) is 0 Å². The van der Waals surface area contributed by atoms with E-state index in [1.165, 1.54) is 5.56 Å². The quantitative estimate of drug-likeness (QED) is 0.468. The Labute approximate surface area is 192 Å². The number of amides is 1. The van der Waals surface area contributed by atoms with Crippen LogP contribution in [0.2, 0.25) is 0 Å². The Morgan fingerprint density at radius 1 is 1.00 bits per heavy atom. The molecule has 5 rings (SSSR count). The monoisotopic (exact) mass is 442 g/mol. The zero-order chi connectivity index (χ0) is 22.8. The lowest BCUT2D eigenvalue weighted by Crippen LogP contribution is -2.49. The number of hydrogen-bond acceptors (Lipinski definition) is 6. The molecule has 0 spiro atoms. The molecule has 1 fully saturated rings. The summed E-state index contributed by atoms with van der Waals surface area (Å²) in [5, 5.41) is 8.50. The van der Waals surface area contributed by atoms with Crippen molar-refractivity contribution in [3.63, 3.8) is 0 Å². The molecule has 3 heterocycles. The largest absolute Gasteiger partial charge is 0.337 e. The zero-order valence-corrected chi connectivity index (χ0v) is 18.8. The van der Waals surface area contributed by atoms with Crippen LogP contribution in [0.15, 0.2) is 71.5 Å². The molecule has 168 valence electrons. The summed E-state index contributed by atoms with van der Waals surface area (Å²) in [5.74, 6) is 1.19. The van der Waals surface area contributed by atoms with Gasteiger partial charge in [-0.2, -0.15) is 10.1 Å². The van der Waals surface area contributed by atoms with Crippen LogP contribution < -0.4 is 0 Å². The predicted molar refractivity (Wildman–Crippen MR) is 124 cm³/mol. The summed E-state index contributed by atoms with van der Waals surface area (Å²) < 4.78 is 7.29. The van der Waals surface area contributed by atoms with Gasteiger partial charge in [-0.1, -0.05) is 53.2 Å². The van der Waals surface area contributed by atoms with Crippen LogP contribution in [0.25, 0.3) is 17.1 Å². The van der Waals surface area contributed by atoms with Gasteiger partial charge < -0.3 is 9.42 Å². The van der Waals surface area contributed by atoms with Gasteiger partial charge in [-0.25, -0.2) is 4.68 Å². The fourth-order valence-corrected chi connectivity index (χ4v) is 4.03. The second-order valence-electron chi connectivity index (χ2n) is 8.34. The molecule has 4 aromatic rings. The lowest BCUT2D eigenvalue weighted by molar-refractivity contribution is 0.0551. The van der Waals surface area contributed by atoms with Crippen molar-refractivity contribution in [3.8, 4) is 17.1 Å². The number of hydrogen-bond donors (Lipinski definition) is 0. The van der Waals surface area contributed by atoms with Crippen LogP contribution in [0.5, 0.6) is 0 Å². The maximum Gasteiger partial charge on any atom is 0.257 e. The number of aryl methyl sites for hydroxylation is 1. The van der Waals surface area contributed by atoms with Crippen LogP contribution in [-0.4, -0.2) is 61.8 Å². The molecule has 0 aliphatic carbocycles. The smallest absolute Gasteiger partial charge is 0.257 e. The van der Waals surface area contributed by atoms with Gasteiger partial charge in [0.05, 0.1) is 23.5 Å². The van der Waals surface area contributed by atoms with Gasteiger partial charge in [-0.3, -0.25) is 9.69 Å². The van der Waals surface area contributed by atoms with E-state index < -0.39 is 0 Å². The molecule has 0 saturated carbocycles. The topological polar surface area (TPSA) is 80.3 Å². The molecule has 1 atom stereocenters. The van der Waals surface area contributed by atoms with Crippen molar-refractivity contribution in [3.05, 3.63) is 84.0 Å². The van der Waals surface area contributed by atoms with E-state index >= 15 is 0 Å². The van der Waals surface area contributed by atoms with Crippen LogP contribution >= 0.6 is 0 Å². The van der Waals surface area contributed by atoms with E-state index in [-0.39, 0.29) is 11.9 Å². The van der Waals surface area contributed by atoms with E-state index in [4.69, 9.17) is 4.52 Å². The summed E-state index contributed by atoms with van der Waals surface area (Å²) in [5.41, 5.74) is 3.66. The molecule has 0 N–H and O–H groups in total. The summed E-state index contributed by atoms with van der Waals surface area (Å²) in [6.07, 6.45) is 3.42. The van der Waals surface area contributed by atoms with E-state index in [0.29, 0.717) is 30.4 Å². The average molecular weight is 443 g/mol. The lowest BCUT2D eigenvalue weighted by atomic mass is 10.1. The number of rotatable bonds is 5. The molecule has 1 aliphatic heterocycles. The van der Waals surface area contributed by atoms with Gasteiger partial charge in [0.25, 0.3) is 5.91 Å². The van der Waals surface area contributed by atoms with Crippen molar-refractivity contribution in [2.45, 2.75) is 19.9 Å².